The van der Waals surface area contributed by atoms with Gasteiger partial charge in [0.25, 0.3) is 6.48 Å². The maximum absolute atomic E-state index is 13.8. The van der Waals surface area contributed by atoms with Gasteiger partial charge in [0.1, 0.15) is 54.6 Å². The van der Waals surface area contributed by atoms with Crippen LogP contribution < -0.4 is 15.3 Å². The lowest BCUT2D eigenvalue weighted by Crippen LogP contribution is -2.46. The van der Waals surface area contributed by atoms with Crippen molar-refractivity contribution in [3.63, 3.8) is 0 Å². The highest BCUT2D eigenvalue weighted by Crippen LogP contribution is 2.51. The highest BCUT2D eigenvalue weighted by atomic mass is 31.2. The predicted molar refractivity (Wildman–Crippen MR) is 136 cm³/mol. The summed E-state index contributed by atoms with van der Waals surface area (Å²) in [7, 11) is -4.38. The number of rotatable bonds is 11. The second-order valence-corrected chi connectivity index (χ2v) is 10.7. The van der Waals surface area contributed by atoms with E-state index in [-0.39, 0.29) is 18.2 Å². The second-order valence-electron chi connectivity index (χ2n) is 9.01. The average molecular weight is 574 g/mol. The number of carboxylic acids is 1. The van der Waals surface area contributed by atoms with E-state index in [2.05, 4.69) is 21.2 Å². The van der Waals surface area contributed by atoms with Gasteiger partial charge in [-0.2, -0.15) is 15.4 Å². The molecule has 15 nitrogen and oxygen atoms in total. The number of nitrogen functional groups attached to an aromatic ring is 1. The second kappa shape index (κ2) is 11.1. The van der Waals surface area contributed by atoms with Crippen LogP contribution in [-0.4, -0.2) is 69.2 Å². The van der Waals surface area contributed by atoms with Crippen molar-refractivity contribution in [1.29, 1.82) is 5.26 Å². The summed E-state index contributed by atoms with van der Waals surface area (Å²) in [4.78, 5) is 15.5. The lowest BCUT2D eigenvalue weighted by Gasteiger charge is -2.29. The van der Waals surface area contributed by atoms with Gasteiger partial charge in [0.15, 0.2) is 5.82 Å². The zero-order valence-electron chi connectivity index (χ0n) is 21.4. The van der Waals surface area contributed by atoms with Crippen LogP contribution in [0.4, 0.5) is 5.82 Å². The molecule has 1 aromatic carbocycles. The maximum atomic E-state index is 13.8. The number of nitriles is 1. The molecule has 212 valence electrons. The van der Waals surface area contributed by atoms with Gasteiger partial charge in [0.2, 0.25) is 5.60 Å². The molecule has 2 aliphatic heterocycles. The number of hydrogen-bond donors (Lipinski definition) is 3. The quantitative estimate of drug-likeness (QED) is 0.281. The van der Waals surface area contributed by atoms with Crippen LogP contribution >= 0.6 is 7.75 Å². The molecule has 2 unspecified atom stereocenters. The molecule has 16 heteroatoms. The molecule has 5 rings (SSSR count). The molecule has 2 fully saturated rings. The minimum absolute atomic E-state index is 0.152. The number of carbonyl (C=O) groups is 1. The van der Waals surface area contributed by atoms with Gasteiger partial charge in [-0.1, -0.05) is 18.2 Å². The van der Waals surface area contributed by atoms with E-state index in [1.807, 2.05) is 0 Å². The number of hydrogen-bond acceptors (Lipinski definition) is 12. The molecule has 4 heterocycles. The minimum atomic E-state index is -4.38. The lowest BCUT2D eigenvalue weighted by atomic mass is 9.96. The van der Waals surface area contributed by atoms with Crippen molar-refractivity contribution in [3.05, 3.63) is 54.5 Å². The molecule has 4 N–H and O–H groups in total. The predicted octanol–water partition coefficient (Wildman–Crippen LogP) is 2.02. The van der Waals surface area contributed by atoms with Crippen LogP contribution in [0.5, 0.6) is 5.75 Å². The first kappa shape index (κ1) is 27.9. The topological polar surface area (TPSA) is 202 Å². The number of benzene rings is 1. The molecule has 0 radical (unpaired) electrons. The van der Waals surface area contributed by atoms with E-state index in [0.29, 0.717) is 11.2 Å². The summed E-state index contributed by atoms with van der Waals surface area (Å²) in [6.45, 7) is 1.54. The molecule has 0 spiro atoms. The van der Waals surface area contributed by atoms with Crippen molar-refractivity contribution >= 4 is 25.1 Å². The number of fused-ring (bicyclic) bond motifs is 2. The van der Waals surface area contributed by atoms with E-state index in [4.69, 9.17) is 33.7 Å². The number of anilines is 1. The number of ether oxygens (including phenoxy) is 4. The van der Waals surface area contributed by atoms with Crippen LogP contribution in [0.3, 0.4) is 0 Å². The average Bonchev–Trinajstić information content (AvgIpc) is 3.62. The molecular formula is C24H27N6O9P. The van der Waals surface area contributed by atoms with E-state index in [9.17, 15) is 19.7 Å². The summed E-state index contributed by atoms with van der Waals surface area (Å²) < 4.78 is 50.2. The summed E-state index contributed by atoms with van der Waals surface area (Å²) >= 11 is 0. The monoisotopic (exact) mass is 574 g/mol. The van der Waals surface area contributed by atoms with Crippen molar-refractivity contribution in [2.75, 3.05) is 18.9 Å². The van der Waals surface area contributed by atoms with Crippen molar-refractivity contribution in [3.8, 4) is 11.8 Å². The molecule has 3 aromatic rings. The fourth-order valence-electron chi connectivity index (χ4n) is 4.45. The Morgan fingerprint density at radius 3 is 2.80 bits per heavy atom. The summed E-state index contributed by atoms with van der Waals surface area (Å²) in [5.74, 6) is -0.904. The molecule has 40 heavy (non-hydrogen) atoms. The standard InChI is InChI=1S/C24H27N6O9P/c1-3-34-23-36-19-18(16-9-10-17-21(26)27-13-28-30(16)17)38-24(11-25,20(19)37-23)12-35-40(33,29-14(2)22(31)32)39-15-7-5-4-6-8-15/h4-10,13-14,18-20,23H,3,12H2,1-2H3,(H,29,33)(H,31,32)(H2,26,27,28)/t14?,18-,19-,20-,23?,24+,40-/m0/s1. The van der Waals surface area contributed by atoms with Crippen LogP contribution in [0.2, 0.25) is 0 Å². The molecule has 2 aromatic heterocycles. The number of carboxylic acid groups (broad SMARTS) is 1. The van der Waals surface area contributed by atoms with Crippen molar-refractivity contribution < 1.29 is 42.5 Å². The molecule has 0 saturated carbocycles. The fourth-order valence-corrected chi connectivity index (χ4v) is 5.97. The van der Waals surface area contributed by atoms with Crippen molar-refractivity contribution in [2.24, 2.45) is 0 Å². The number of nitrogens with two attached hydrogens (primary N) is 1. The first-order valence-electron chi connectivity index (χ1n) is 12.3. The van der Waals surface area contributed by atoms with Gasteiger partial charge in [-0.3, -0.25) is 9.32 Å². The summed E-state index contributed by atoms with van der Waals surface area (Å²) in [5.41, 5.74) is 5.09. The van der Waals surface area contributed by atoms with Crippen molar-refractivity contribution in [2.45, 2.75) is 50.3 Å². The normalized spacial score (nSPS) is 28.0. The SMILES string of the molecule is CCOC1O[C@H]2[C@H](c3ccc4c(N)ncnn34)O[C@](C#N)(CO[P@@](=O)(NC(C)C(=O)O)Oc3ccccc3)[C@H]2O1. The molecule has 0 bridgehead atoms. The summed E-state index contributed by atoms with van der Waals surface area (Å²) in [6.07, 6.45) is -1.57. The Balaban J connectivity index is 1.47. The number of nitrogens with one attached hydrogen (secondary N) is 1. The van der Waals surface area contributed by atoms with E-state index < -0.39 is 56.8 Å². The minimum Gasteiger partial charge on any atom is -0.480 e. The lowest BCUT2D eigenvalue weighted by molar-refractivity contribution is -0.268. The van der Waals surface area contributed by atoms with Gasteiger partial charge in [-0.25, -0.2) is 14.1 Å². The van der Waals surface area contributed by atoms with E-state index in [1.54, 1.807) is 37.3 Å². The number of aromatic nitrogens is 3. The highest BCUT2D eigenvalue weighted by Gasteiger charge is 2.64. The zero-order chi connectivity index (χ0) is 28.5. The van der Waals surface area contributed by atoms with Gasteiger partial charge in [0.05, 0.1) is 5.69 Å². The fraction of sp³-hybridized carbons (Fsp3) is 0.417. The molecule has 2 aliphatic rings. The molecule has 0 aliphatic carbocycles. The van der Waals surface area contributed by atoms with Crippen LogP contribution in [0.1, 0.15) is 25.6 Å². The summed E-state index contributed by atoms with van der Waals surface area (Å²) in [5, 5.41) is 26.4. The molecule has 2 saturated heterocycles. The third-order valence-corrected chi connectivity index (χ3v) is 7.98. The Morgan fingerprint density at radius 1 is 1.32 bits per heavy atom. The third kappa shape index (κ3) is 5.26. The Kier molecular flexibility index (Phi) is 7.76. The van der Waals surface area contributed by atoms with Gasteiger partial charge in [-0.15, -0.1) is 0 Å². The molecule has 7 atom stereocenters. The largest absolute Gasteiger partial charge is 0.480 e. The summed E-state index contributed by atoms with van der Waals surface area (Å²) in [6, 6.07) is 12.2. The molecular weight excluding hydrogens is 547 g/mol. The van der Waals surface area contributed by atoms with Crippen LogP contribution in [0, 0.1) is 11.3 Å². The van der Waals surface area contributed by atoms with Gasteiger partial charge < -0.3 is 34.3 Å². The maximum Gasteiger partial charge on any atom is 0.459 e. The third-order valence-electron chi connectivity index (χ3n) is 6.35. The number of nitrogens with zero attached hydrogens (tertiary/aromatic N) is 4. The number of para-hydroxylation sites is 1. The zero-order valence-corrected chi connectivity index (χ0v) is 22.3. The van der Waals surface area contributed by atoms with Crippen LogP contribution in [-0.2, 0) is 32.8 Å². The first-order chi connectivity index (χ1) is 19.2. The van der Waals surface area contributed by atoms with Gasteiger partial charge in [-0.05, 0) is 38.1 Å². The van der Waals surface area contributed by atoms with Crippen molar-refractivity contribution in [1.82, 2.24) is 19.7 Å². The Bertz CT molecular complexity index is 1470. The van der Waals surface area contributed by atoms with Gasteiger partial charge >= 0.3 is 13.7 Å². The van der Waals surface area contributed by atoms with E-state index in [0.717, 1.165) is 0 Å². The molecule has 0 amide bonds. The van der Waals surface area contributed by atoms with E-state index >= 15 is 0 Å². The van der Waals surface area contributed by atoms with Crippen LogP contribution in [0.15, 0.2) is 48.8 Å². The Hall–Kier alpha value is -3.61. The Morgan fingerprint density at radius 2 is 2.10 bits per heavy atom. The van der Waals surface area contributed by atoms with Crippen LogP contribution in [0.25, 0.3) is 5.52 Å². The highest BCUT2D eigenvalue weighted by molar-refractivity contribution is 7.52. The van der Waals surface area contributed by atoms with E-state index in [1.165, 1.54) is 29.9 Å². The first-order valence-corrected chi connectivity index (χ1v) is 13.8. The Labute approximate surface area is 228 Å². The number of aliphatic carboxylic acids is 1. The van der Waals surface area contributed by atoms with Gasteiger partial charge in [0, 0.05) is 6.61 Å². The smallest absolute Gasteiger partial charge is 0.459 e.